The van der Waals surface area contributed by atoms with Crippen LogP contribution in [-0.2, 0) is 6.54 Å². The molecular weight excluding hydrogens is 262 g/mol. The zero-order valence-corrected chi connectivity index (χ0v) is 10.7. The van der Waals surface area contributed by atoms with Crippen molar-refractivity contribution in [1.82, 2.24) is 14.5 Å². The lowest BCUT2D eigenvalue weighted by molar-refractivity contribution is 0.743. The second-order valence-electron chi connectivity index (χ2n) is 3.98. The van der Waals surface area contributed by atoms with Gasteiger partial charge in [0.15, 0.2) is 17.1 Å². The first kappa shape index (κ1) is 11.8. The Kier molecular flexibility index (Phi) is 2.98. The maximum Gasteiger partial charge on any atom is 0.181 e. The van der Waals surface area contributed by atoms with Gasteiger partial charge in [-0.3, -0.25) is 4.79 Å². The van der Waals surface area contributed by atoms with E-state index in [1.807, 2.05) is 16.0 Å². The lowest BCUT2D eigenvalue weighted by atomic mass is 10.3. The minimum absolute atomic E-state index is 0.0183. The summed E-state index contributed by atoms with van der Waals surface area (Å²) >= 11 is 1.54. The van der Waals surface area contributed by atoms with Crippen LogP contribution in [-0.4, -0.2) is 14.5 Å². The Bertz CT molecular complexity index is 759. The summed E-state index contributed by atoms with van der Waals surface area (Å²) in [6.07, 6.45) is 3.42. The number of nitrogens with one attached hydrogen (secondary N) is 1. The summed E-state index contributed by atoms with van der Waals surface area (Å²) in [6, 6.07) is 4.94. The highest BCUT2D eigenvalue weighted by molar-refractivity contribution is 7.16. The van der Waals surface area contributed by atoms with Crippen molar-refractivity contribution >= 4 is 27.4 Å². The third kappa shape index (κ3) is 2.33. The first-order valence-corrected chi connectivity index (χ1v) is 6.51. The molecule has 0 spiro atoms. The van der Waals surface area contributed by atoms with Gasteiger partial charge in [0.25, 0.3) is 0 Å². The first-order chi connectivity index (χ1) is 9.26. The monoisotopic (exact) mass is 273 g/mol. The number of hydrogen-bond donors (Lipinski definition) is 2. The predicted molar refractivity (Wildman–Crippen MR) is 75.0 cm³/mol. The molecule has 0 aliphatic heterocycles. The summed E-state index contributed by atoms with van der Waals surface area (Å²) in [5.74, 6) is 6.73. The Hall–Kier alpha value is -2.25. The van der Waals surface area contributed by atoms with E-state index in [2.05, 4.69) is 15.4 Å². The SMILES string of the molecule is NNc1nc(Cn2ccc(=O)cc2)nc2sccc12. The third-order valence-electron chi connectivity index (χ3n) is 2.69. The Morgan fingerprint density at radius 1 is 1.26 bits per heavy atom. The highest BCUT2D eigenvalue weighted by atomic mass is 32.1. The molecule has 3 aromatic rings. The highest BCUT2D eigenvalue weighted by Gasteiger charge is 2.07. The summed E-state index contributed by atoms with van der Waals surface area (Å²) in [6.45, 7) is 0.489. The summed E-state index contributed by atoms with van der Waals surface area (Å²) in [5, 5.41) is 2.86. The minimum atomic E-state index is -0.0183. The normalized spacial score (nSPS) is 10.8. The fourth-order valence-corrected chi connectivity index (χ4v) is 2.58. The number of hydrogen-bond acceptors (Lipinski definition) is 6. The van der Waals surface area contributed by atoms with E-state index < -0.39 is 0 Å². The fraction of sp³-hybridized carbons (Fsp3) is 0.0833. The van der Waals surface area contributed by atoms with Gasteiger partial charge in [-0.2, -0.15) is 0 Å². The Balaban J connectivity index is 2.00. The smallest absolute Gasteiger partial charge is 0.181 e. The molecular formula is C12H11N5OS. The van der Waals surface area contributed by atoms with E-state index in [0.717, 1.165) is 10.2 Å². The van der Waals surface area contributed by atoms with Gasteiger partial charge in [-0.15, -0.1) is 11.3 Å². The predicted octanol–water partition coefficient (Wildman–Crippen LogP) is 1.19. The average molecular weight is 273 g/mol. The third-order valence-corrected chi connectivity index (χ3v) is 3.50. The van der Waals surface area contributed by atoms with Crippen molar-refractivity contribution in [1.29, 1.82) is 0 Å². The van der Waals surface area contributed by atoms with E-state index in [0.29, 0.717) is 18.2 Å². The molecule has 6 nitrogen and oxygen atoms in total. The lowest BCUT2D eigenvalue weighted by Gasteiger charge is -2.07. The Morgan fingerprint density at radius 3 is 2.79 bits per heavy atom. The largest absolute Gasteiger partial charge is 0.346 e. The van der Waals surface area contributed by atoms with E-state index in [1.165, 1.54) is 23.5 Å². The average Bonchev–Trinajstić information content (AvgIpc) is 2.89. The molecule has 19 heavy (non-hydrogen) atoms. The van der Waals surface area contributed by atoms with Crippen LogP contribution < -0.4 is 16.7 Å². The van der Waals surface area contributed by atoms with Crippen LogP contribution in [0.4, 0.5) is 5.82 Å². The molecule has 0 radical (unpaired) electrons. The summed E-state index contributed by atoms with van der Waals surface area (Å²) in [5.41, 5.74) is 2.57. The summed E-state index contributed by atoms with van der Waals surface area (Å²) in [4.78, 5) is 20.8. The van der Waals surface area contributed by atoms with Crippen LogP contribution in [0.15, 0.2) is 40.8 Å². The molecule has 0 saturated heterocycles. The molecule has 0 aliphatic carbocycles. The van der Waals surface area contributed by atoms with Crippen LogP contribution in [0.5, 0.6) is 0 Å². The van der Waals surface area contributed by atoms with Crippen LogP contribution in [0, 0.1) is 0 Å². The number of pyridine rings is 1. The number of thiophene rings is 1. The number of fused-ring (bicyclic) bond motifs is 1. The van der Waals surface area contributed by atoms with Crippen molar-refractivity contribution in [2.45, 2.75) is 6.54 Å². The molecule has 3 rings (SSSR count). The van der Waals surface area contributed by atoms with E-state index in [4.69, 9.17) is 5.84 Å². The zero-order valence-electron chi connectivity index (χ0n) is 9.91. The van der Waals surface area contributed by atoms with Gasteiger partial charge in [-0.25, -0.2) is 15.8 Å². The number of aromatic nitrogens is 3. The molecule has 0 fully saturated rings. The number of nitrogens with zero attached hydrogens (tertiary/aromatic N) is 3. The summed E-state index contributed by atoms with van der Waals surface area (Å²) < 4.78 is 1.84. The molecule has 0 saturated carbocycles. The molecule has 3 aromatic heterocycles. The van der Waals surface area contributed by atoms with Crippen LogP contribution in [0.25, 0.3) is 10.2 Å². The van der Waals surface area contributed by atoms with Crippen LogP contribution in [0.1, 0.15) is 5.82 Å². The van der Waals surface area contributed by atoms with Gasteiger partial charge in [0.05, 0.1) is 11.9 Å². The quantitative estimate of drug-likeness (QED) is 0.553. The van der Waals surface area contributed by atoms with Gasteiger partial charge in [-0.05, 0) is 11.4 Å². The van der Waals surface area contributed by atoms with E-state index in [-0.39, 0.29) is 5.43 Å². The fourth-order valence-electron chi connectivity index (χ4n) is 1.79. The highest BCUT2D eigenvalue weighted by Crippen LogP contribution is 2.24. The van der Waals surface area contributed by atoms with E-state index in [9.17, 15) is 4.79 Å². The molecule has 7 heteroatoms. The van der Waals surface area contributed by atoms with Gasteiger partial charge in [0.1, 0.15) is 4.83 Å². The Labute approximate surface area is 112 Å². The minimum Gasteiger partial charge on any atom is -0.346 e. The molecule has 3 heterocycles. The maximum atomic E-state index is 11.0. The summed E-state index contributed by atoms with van der Waals surface area (Å²) in [7, 11) is 0. The first-order valence-electron chi connectivity index (χ1n) is 5.63. The molecule has 0 aromatic carbocycles. The van der Waals surface area contributed by atoms with Gasteiger partial charge >= 0.3 is 0 Å². The number of hydrazine groups is 1. The maximum absolute atomic E-state index is 11.0. The number of nitrogens with two attached hydrogens (primary N) is 1. The molecule has 0 aliphatic rings. The van der Waals surface area contributed by atoms with Crippen LogP contribution in [0.3, 0.4) is 0 Å². The van der Waals surface area contributed by atoms with Crippen molar-refractivity contribution in [3.05, 3.63) is 52.0 Å². The van der Waals surface area contributed by atoms with Gasteiger partial charge in [-0.1, -0.05) is 0 Å². The standard InChI is InChI=1S/C12H11N5OS/c13-16-11-9-3-6-19-12(9)15-10(14-11)7-17-4-1-8(18)2-5-17/h1-6H,7,13H2,(H,14,15,16). The number of nitrogen functional groups attached to an aromatic ring is 1. The molecule has 0 unspecified atom stereocenters. The second-order valence-corrected chi connectivity index (χ2v) is 4.87. The van der Waals surface area contributed by atoms with Crippen LogP contribution >= 0.6 is 11.3 Å². The molecule has 96 valence electrons. The van der Waals surface area contributed by atoms with Crippen LogP contribution in [0.2, 0.25) is 0 Å². The number of anilines is 1. The zero-order chi connectivity index (χ0) is 13.2. The molecule has 0 bridgehead atoms. The van der Waals surface area contributed by atoms with E-state index >= 15 is 0 Å². The van der Waals surface area contributed by atoms with Crippen molar-refractivity contribution in [2.75, 3.05) is 5.43 Å². The topological polar surface area (TPSA) is 85.8 Å². The van der Waals surface area contributed by atoms with Crippen molar-refractivity contribution < 1.29 is 0 Å². The van der Waals surface area contributed by atoms with Gasteiger partial charge in [0, 0.05) is 24.5 Å². The van der Waals surface area contributed by atoms with Crippen molar-refractivity contribution in [3.63, 3.8) is 0 Å². The van der Waals surface area contributed by atoms with Crippen molar-refractivity contribution in [3.8, 4) is 0 Å². The van der Waals surface area contributed by atoms with E-state index in [1.54, 1.807) is 12.4 Å². The second kappa shape index (κ2) is 4.79. The van der Waals surface area contributed by atoms with Gasteiger partial charge < -0.3 is 9.99 Å². The van der Waals surface area contributed by atoms with Crippen molar-refractivity contribution in [2.24, 2.45) is 5.84 Å². The number of rotatable bonds is 3. The molecule has 0 atom stereocenters. The molecule has 0 amide bonds. The van der Waals surface area contributed by atoms with Gasteiger partial charge in [0.2, 0.25) is 0 Å². The Morgan fingerprint density at radius 2 is 2.05 bits per heavy atom. The molecule has 3 N–H and O–H groups in total. The lowest BCUT2D eigenvalue weighted by Crippen LogP contribution is -2.12.